The van der Waals surface area contributed by atoms with Crippen LogP contribution < -0.4 is 4.74 Å². The summed E-state index contributed by atoms with van der Waals surface area (Å²) in [7, 11) is 0. The summed E-state index contributed by atoms with van der Waals surface area (Å²) in [5.74, 6) is -1.14. The van der Waals surface area contributed by atoms with Crippen LogP contribution in [0.2, 0.25) is 0 Å². The number of aliphatic hydroxyl groups excluding tert-OH is 3. The molecule has 5 N–H and O–H groups in total. The first kappa shape index (κ1) is 20.4. The molecule has 8 nitrogen and oxygen atoms in total. The molecule has 2 unspecified atom stereocenters. The molecule has 0 aliphatic carbocycles. The van der Waals surface area contributed by atoms with Crippen LogP contribution in [0.15, 0.2) is 12.1 Å². The molecule has 1 aliphatic rings. The number of benzene rings is 1. The Labute approximate surface area is 151 Å². The van der Waals surface area contributed by atoms with Crippen LogP contribution in [0, 0.1) is 0 Å². The maximum Gasteiger partial charge on any atom is 0.335 e. The number of hydrogen-bond acceptors (Lipinski definition) is 7. The van der Waals surface area contributed by atoms with E-state index in [2.05, 4.69) is 0 Å². The number of carboxylic acid groups (broad SMARTS) is 1. The number of phenolic OH excluding ortho intramolecular Hbond substituents is 1. The van der Waals surface area contributed by atoms with E-state index >= 15 is 0 Å². The standard InChI is InChI=1S/C18H26O8/c1-7(2)10-5-9(19)6-11(8(3)4)15(10)25-18-14(22)12(20)13(21)16(26-18)17(23)24/h5-8,12-14,16,18-22H,1-4H3,(H,23,24)/t12-,13+,14?,16?,18-/m1/s1. The third-order valence-corrected chi connectivity index (χ3v) is 4.42. The van der Waals surface area contributed by atoms with Crippen LogP contribution in [0.3, 0.4) is 0 Å². The van der Waals surface area contributed by atoms with E-state index in [9.17, 15) is 25.2 Å². The van der Waals surface area contributed by atoms with E-state index in [0.717, 1.165) is 0 Å². The molecule has 1 saturated heterocycles. The third-order valence-electron chi connectivity index (χ3n) is 4.42. The molecule has 0 radical (unpaired) electrons. The molecule has 0 amide bonds. The van der Waals surface area contributed by atoms with Crippen molar-refractivity contribution in [2.75, 3.05) is 0 Å². The minimum Gasteiger partial charge on any atom is -0.508 e. The summed E-state index contributed by atoms with van der Waals surface area (Å²) in [5.41, 5.74) is 1.30. The van der Waals surface area contributed by atoms with Gasteiger partial charge >= 0.3 is 5.97 Å². The van der Waals surface area contributed by atoms with Gasteiger partial charge in [0.15, 0.2) is 6.10 Å². The van der Waals surface area contributed by atoms with Crippen LogP contribution in [0.5, 0.6) is 11.5 Å². The lowest BCUT2D eigenvalue weighted by atomic mass is 9.93. The quantitative estimate of drug-likeness (QED) is 0.516. The van der Waals surface area contributed by atoms with Crippen molar-refractivity contribution in [1.29, 1.82) is 0 Å². The molecule has 5 atom stereocenters. The van der Waals surface area contributed by atoms with Crippen LogP contribution in [0.1, 0.15) is 50.7 Å². The summed E-state index contributed by atoms with van der Waals surface area (Å²) in [4.78, 5) is 11.2. The number of carboxylic acids is 1. The first-order valence-electron chi connectivity index (χ1n) is 8.50. The SMILES string of the molecule is CC(C)c1cc(O)cc(C(C)C)c1O[C@@H]1OC(C(=O)O)[C@@H](O)[C@@H](O)C1O. The topological polar surface area (TPSA) is 137 Å². The van der Waals surface area contributed by atoms with Crippen molar-refractivity contribution in [2.24, 2.45) is 0 Å². The summed E-state index contributed by atoms with van der Waals surface area (Å²) >= 11 is 0. The summed E-state index contributed by atoms with van der Waals surface area (Å²) in [5, 5.41) is 49.0. The number of aromatic hydroxyl groups is 1. The van der Waals surface area contributed by atoms with Crippen molar-refractivity contribution in [1.82, 2.24) is 0 Å². The highest BCUT2D eigenvalue weighted by Gasteiger charge is 2.48. The van der Waals surface area contributed by atoms with Crippen LogP contribution in [-0.2, 0) is 9.53 Å². The smallest absolute Gasteiger partial charge is 0.335 e. The normalized spacial score (nSPS) is 29.2. The minimum atomic E-state index is -1.78. The highest BCUT2D eigenvalue weighted by Crippen LogP contribution is 2.39. The Hall–Kier alpha value is -1.87. The lowest BCUT2D eigenvalue weighted by Crippen LogP contribution is -2.61. The van der Waals surface area contributed by atoms with Crippen molar-refractivity contribution in [3.63, 3.8) is 0 Å². The number of rotatable bonds is 5. The second-order valence-electron chi connectivity index (χ2n) is 7.12. The molecule has 0 bridgehead atoms. The highest BCUT2D eigenvalue weighted by molar-refractivity contribution is 5.73. The molecule has 1 heterocycles. The van der Waals surface area contributed by atoms with Gasteiger partial charge in [0.1, 0.15) is 29.8 Å². The predicted octanol–water partition coefficient (Wildman–Crippen LogP) is 0.910. The van der Waals surface area contributed by atoms with E-state index in [1.165, 1.54) is 12.1 Å². The average molecular weight is 370 g/mol. The Morgan fingerprint density at radius 2 is 1.50 bits per heavy atom. The molecule has 0 spiro atoms. The first-order chi connectivity index (χ1) is 12.0. The zero-order chi connectivity index (χ0) is 19.8. The van der Waals surface area contributed by atoms with E-state index in [-0.39, 0.29) is 17.6 Å². The Morgan fingerprint density at radius 1 is 1.00 bits per heavy atom. The van der Waals surface area contributed by atoms with Crippen molar-refractivity contribution >= 4 is 5.97 Å². The zero-order valence-corrected chi connectivity index (χ0v) is 15.2. The molecule has 8 heteroatoms. The van der Waals surface area contributed by atoms with Gasteiger partial charge in [-0.25, -0.2) is 4.79 Å². The lowest BCUT2D eigenvalue weighted by Gasteiger charge is -2.39. The number of aliphatic hydroxyl groups is 3. The second kappa shape index (κ2) is 7.79. The van der Waals surface area contributed by atoms with Gasteiger partial charge in [0.05, 0.1) is 0 Å². The molecule has 0 saturated carbocycles. The van der Waals surface area contributed by atoms with Gasteiger partial charge in [0.25, 0.3) is 0 Å². The molecule has 26 heavy (non-hydrogen) atoms. The number of hydrogen-bond donors (Lipinski definition) is 5. The van der Waals surface area contributed by atoms with Gasteiger partial charge in [-0.3, -0.25) is 0 Å². The molecule has 1 fully saturated rings. The predicted molar refractivity (Wildman–Crippen MR) is 91.2 cm³/mol. The maximum atomic E-state index is 11.2. The Balaban J connectivity index is 2.44. The fourth-order valence-electron chi connectivity index (χ4n) is 2.92. The van der Waals surface area contributed by atoms with E-state index in [4.69, 9.17) is 14.6 Å². The molecule has 146 valence electrons. The van der Waals surface area contributed by atoms with E-state index in [1.807, 2.05) is 27.7 Å². The highest BCUT2D eigenvalue weighted by atomic mass is 16.7. The average Bonchev–Trinajstić information content (AvgIpc) is 2.55. The molecule has 1 aromatic carbocycles. The lowest BCUT2D eigenvalue weighted by molar-refractivity contribution is -0.271. The Kier molecular flexibility index (Phi) is 6.13. The van der Waals surface area contributed by atoms with Crippen LogP contribution in [0.4, 0.5) is 0 Å². The summed E-state index contributed by atoms with van der Waals surface area (Å²) < 4.78 is 11.0. The van der Waals surface area contributed by atoms with Crippen LogP contribution in [-0.4, -0.2) is 62.2 Å². The fourth-order valence-corrected chi connectivity index (χ4v) is 2.92. The van der Waals surface area contributed by atoms with Crippen molar-refractivity contribution < 1.29 is 39.8 Å². The van der Waals surface area contributed by atoms with Gasteiger partial charge < -0.3 is 35.0 Å². The molecule has 2 rings (SSSR count). The monoisotopic (exact) mass is 370 g/mol. The van der Waals surface area contributed by atoms with Crippen LogP contribution >= 0.6 is 0 Å². The molecular formula is C18H26O8. The van der Waals surface area contributed by atoms with Gasteiger partial charge in [-0.15, -0.1) is 0 Å². The van der Waals surface area contributed by atoms with Gasteiger partial charge in [-0.05, 0) is 24.0 Å². The fraction of sp³-hybridized carbons (Fsp3) is 0.611. The molecule has 1 aromatic rings. The maximum absolute atomic E-state index is 11.2. The van der Waals surface area contributed by atoms with Crippen molar-refractivity contribution in [2.45, 2.75) is 70.2 Å². The molecular weight excluding hydrogens is 344 g/mol. The first-order valence-corrected chi connectivity index (χ1v) is 8.50. The van der Waals surface area contributed by atoms with Gasteiger partial charge in [0.2, 0.25) is 6.29 Å². The van der Waals surface area contributed by atoms with E-state index in [0.29, 0.717) is 16.9 Å². The third kappa shape index (κ3) is 3.93. The number of phenols is 1. The Bertz CT molecular complexity index is 628. The largest absolute Gasteiger partial charge is 0.508 e. The molecule has 1 aliphatic heterocycles. The second-order valence-corrected chi connectivity index (χ2v) is 7.12. The van der Waals surface area contributed by atoms with Gasteiger partial charge in [-0.1, -0.05) is 27.7 Å². The van der Waals surface area contributed by atoms with E-state index in [1.54, 1.807) is 0 Å². The summed E-state index contributed by atoms with van der Waals surface area (Å²) in [6, 6.07) is 3.06. The summed E-state index contributed by atoms with van der Waals surface area (Å²) in [6.07, 6.45) is -8.39. The number of carbonyl (C=O) groups is 1. The van der Waals surface area contributed by atoms with Crippen molar-refractivity contribution in [3.8, 4) is 11.5 Å². The van der Waals surface area contributed by atoms with Crippen LogP contribution in [0.25, 0.3) is 0 Å². The van der Waals surface area contributed by atoms with E-state index < -0.39 is 36.7 Å². The molecule has 0 aromatic heterocycles. The van der Waals surface area contributed by atoms with Gasteiger partial charge in [-0.2, -0.15) is 0 Å². The number of aliphatic carboxylic acids is 1. The van der Waals surface area contributed by atoms with Crippen molar-refractivity contribution in [3.05, 3.63) is 23.3 Å². The zero-order valence-electron chi connectivity index (χ0n) is 15.2. The van der Waals surface area contributed by atoms with Gasteiger partial charge in [0, 0.05) is 11.1 Å². The minimum absolute atomic E-state index is 0.0406. The summed E-state index contributed by atoms with van der Waals surface area (Å²) in [6.45, 7) is 7.57. The number of ether oxygens (including phenoxy) is 2. The Morgan fingerprint density at radius 3 is 1.92 bits per heavy atom.